The topological polar surface area (TPSA) is 40.8 Å². The van der Waals surface area contributed by atoms with Crippen molar-refractivity contribution in [3.05, 3.63) is 51.8 Å². The number of nitrogens with zero attached hydrogens (tertiary/aromatic N) is 2. The zero-order chi connectivity index (χ0) is 14.0. The highest BCUT2D eigenvalue weighted by atomic mass is 79.9. The van der Waals surface area contributed by atoms with Crippen LogP contribution in [0, 0.1) is 23.0 Å². The Balaban J connectivity index is 2.17. The fourth-order valence-electron chi connectivity index (χ4n) is 1.74. The lowest BCUT2D eigenvalue weighted by atomic mass is 10.2. The van der Waals surface area contributed by atoms with Crippen molar-refractivity contribution in [2.24, 2.45) is 7.05 Å². The predicted molar refractivity (Wildman–Crippen MR) is 71.5 cm³/mol. The molecule has 6 heteroatoms. The molecule has 98 valence electrons. The van der Waals surface area contributed by atoms with E-state index in [0.717, 1.165) is 5.56 Å². The van der Waals surface area contributed by atoms with Crippen molar-refractivity contribution in [3.8, 4) is 6.07 Å². The standard InChI is InChI=1S/C13H10BrF2N3/c1-19-7-8(2-10(19)5-17)6-18-13-11(15)3-9(14)4-12(13)16/h2-4,7,18H,6H2,1H3. The van der Waals surface area contributed by atoms with Crippen molar-refractivity contribution in [2.75, 3.05) is 5.32 Å². The second-order valence-electron chi connectivity index (χ2n) is 4.05. The lowest BCUT2D eigenvalue weighted by Gasteiger charge is -2.08. The number of hydrogen-bond donors (Lipinski definition) is 1. The summed E-state index contributed by atoms with van der Waals surface area (Å²) in [5.41, 5.74) is 1.10. The van der Waals surface area contributed by atoms with Crippen LogP contribution in [0.2, 0.25) is 0 Å². The zero-order valence-electron chi connectivity index (χ0n) is 10.0. The average molecular weight is 326 g/mol. The van der Waals surface area contributed by atoms with E-state index < -0.39 is 11.6 Å². The van der Waals surface area contributed by atoms with E-state index in [1.165, 1.54) is 12.1 Å². The first-order chi connectivity index (χ1) is 9.01. The number of hydrogen-bond acceptors (Lipinski definition) is 2. The molecular formula is C13H10BrF2N3. The van der Waals surface area contributed by atoms with Gasteiger partial charge in [-0.15, -0.1) is 0 Å². The Morgan fingerprint density at radius 1 is 1.32 bits per heavy atom. The molecule has 2 rings (SSSR count). The molecular weight excluding hydrogens is 316 g/mol. The molecule has 1 aromatic heterocycles. The molecule has 0 aliphatic carbocycles. The molecule has 2 aromatic rings. The Kier molecular flexibility index (Phi) is 3.86. The van der Waals surface area contributed by atoms with Gasteiger partial charge in [0.05, 0.1) is 0 Å². The van der Waals surface area contributed by atoms with E-state index in [-0.39, 0.29) is 12.2 Å². The van der Waals surface area contributed by atoms with E-state index >= 15 is 0 Å². The van der Waals surface area contributed by atoms with Crippen molar-refractivity contribution in [3.63, 3.8) is 0 Å². The first-order valence-electron chi connectivity index (χ1n) is 5.45. The number of rotatable bonds is 3. The zero-order valence-corrected chi connectivity index (χ0v) is 11.6. The van der Waals surface area contributed by atoms with Gasteiger partial charge in [0.25, 0.3) is 0 Å². The van der Waals surface area contributed by atoms with Crippen LogP contribution in [0.25, 0.3) is 0 Å². The average Bonchev–Trinajstić information content (AvgIpc) is 2.68. The molecule has 0 amide bonds. The Bertz CT molecular complexity index is 635. The van der Waals surface area contributed by atoms with Gasteiger partial charge < -0.3 is 9.88 Å². The predicted octanol–water partition coefficient (Wildman–Crippen LogP) is 3.55. The van der Waals surface area contributed by atoms with Crippen LogP contribution in [0.4, 0.5) is 14.5 Å². The molecule has 0 atom stereocenters. The van der Waals surface area contributed by atoms with E-state index in [0.29, 0.717) is 10.2 Å². The fraction of sp³-hybridized carbons (Fsp3) is 0.154. The van der Waals surface area contributed by atoms with Crippen molar-refractivity contribution in [2.45, 2.75) is 6.54 Å². The van der Waals surface area contributed by atoms with Gasteiger partial charge in [0.1, 0.15) is 29.1 Å². The second-order valence-corrected chi connectivity index (χ2v) is 4.97. The summed E-state index contributed by atoms with van der Waals surface area (Å²) in [4.78, 5) is 0. The van der Waals surface area contributed by atoms with Gasteiger partial charge in [-0.3, -0.25) is 0 Å². The quantitative estimate of drug-likeness (QED) is 0.937. The minimum atomic E-state index is -0.664. The van der Waals surface area contributed by atoms with Gasteiger partial charge >= 0.3 is 0 Å². The second kappa shape index (κ2) is 5.41. The van der Waals surface area contributed by atoms with E-state index in [4.69, 9.17) is 5.26 Å². The monoisotopic (exact) mass is 325 g/mol. The molecule has 0 bridgehead atoms. The molecule has 0 fully saturated rings. The van der Waals surface area contributed by atoms with Crippen LogP contribution >= 0.6 is 15.9 Å². The Morgan fingerprint density at radius 3 is 2.47 bits per heavy atom. The summed E-state index contributed by atoms with van der Waals surface area (Å²) in [7, 11) is 1.74. The maximum Gasteiger partial charge on any atom is 0.150 e. The third-order valence-electron chi connectivity index (χ3n) is 2.65. The molecule has 1 aromatic carbocycles. The van der Waals surface area contributed by atoms with Gasteiger partial charge in [0, 0.05) is 24.3 Å². The molecule has 0 saturated carbocycles. The van der Waals surface area contributed by atoms with Crippen LogP contribution in [0.5, 0.6) is 0 Å². The number of nitriles is 1. The van der Waals surface area contributed by atoms with Crippen molar-refractivity contribution < 1.29 is 8.78 Å². The number of aromatic nitrogens is 1. The fourth-order valence-corrected chi connectivity index (χ4v) is 2.14. The highest BCUT2D eigenvalue weighted by molar-refractivity contribution is 9.10. The molecule has 0 unspecified atom stereocenters. The molecule has 0 radical (unpaired) electrons. The van der Waals surface area contributed by atoms with Crippen LogP contribution in [0.15, 0.2) is 28.9 Å². The van der Waals surface area contributed by atoms with Gasteiger partial charge in [-0.2, -0.15) is 5.26 Å². The molecule has 3 nitrogen and oxygen atoms in total. The minimum Gasteiger partial charge on any atom is -0.376 e. The van der Waals surface area contributed by atoms with Crippen molar-refractivity contribution >= 4 is 21.6 Å². The van der Waals surface area contributed by atoms with E-state index in [1.807, 2.05) is 6.07 Å². The first kappa shape index (κ1) is 13.6. The lowest BCUT2D eigenvalue weighted by molar-refractivity contribution is 0.586. The van der Waals surface area contributed by atoms with Gasteiger partial charge in [-0.25, -0.2) is 8.78 Å². The Hall–Kier alpha value is -1.87. The molecule has 19 heavy (non-hydrogen) atoms. The first-order valence-corrected chi connectivity index (χ1v) is 6.24. The number of anilines is 1. The van der Waals surface area contributed by atoms with Gasteiger partial charge in [-0.1, -0.05) is 15.9 Å². The molecule has 1 N–H and O–H groups in total. The number of nitrogens with one attached hydrogen (secondary N) is 1. The maximum atomic E-state index is 13.6. The normalized spacial score (nSPS) is 10.3. The van der Waals surface area contributed by atoms with E-state index in [2.05, 4.69) is 21.2 Å². The lowest BCUT2D eigenvalue weighted by Crippen LogP contribution is -2.03. The summed E-state index contributed by atoms with van der Waals surface area (Å²) in [6, 6.07) is 6.08. The van der Waals surface area contributed by atoms with Crippen LogP contribution in [0.3, 0.4) is 0 Å². The Morgan fingerprint density at radius 2 is 1.95 bits per heavy atom. The summed E-state index contributed by atoms with van der Waals surface area (Å²) in [5, 5.41) is 11.5. The summed E-state index contributed by atoms with van der Waals surface area (Å²) >= 11 is 3.02. The summed E-state index contributed by atoms with van der Waals surface area (Å²) in [5.74, 6) is -1.33. The summed E-state index contributed by atoms with van der Waals surface area (Å²) < 4.78 is 29.2. The smallest absolute Gasteiger partial charge is 0.150 e. The van der Waals surface area contributed by atoms with E-state index in [1.54, 1.807) is 23.9 Å². The SMILES string of the molecule is Cn1cc(CNc2c(F)cc(Br)cc2F)cc1C#N. The van der Waals surface area contributed by atoms with Gasteiger partial charge in [0.15, 0.2) is 0 Å². The maximum absolute atomic E-state index is 13.6. The largest absolute Gasteiger partial charge is 0.376 e. The van der Waals surface area contributed by atoms with Gasteiger partial charge in [0.2, 0.25) is 0 Å². The van der Waals surface area contributed by atoms with Crippen molar-refractivity contribution in [1.82, 2.24) is 4.57 Å². The minimum absolute atomic E-state index is 0.175. The van der Waals surface area contributed by atoms with Crippen LogP contribution in [-0.2, 0) is 13.6 Å². The summed E-state index contributed by atoms with van der Waals surface area (Å²) in [6.07, 6.45) is 1.74. The third kappa shape index (κ3) is 2.93. The molecule has 0 aliphatic heterocycles. The third-order valence-corrected chi connectivity index (χ3v) is 3.11. The Labute approximate surface area is 117 Å². The highest BCUT2D eigenvalue weighted by Gasteiger charge is 2.10. The van der Waals surface area contributed by atoms with Crippen LogP contribution in [0.1, 0.15) is 11.3 Å². The van der Waals surface area contributed by atoms with E-state index in [9.17, 15) is 8.78 Å². The molecule has 0 aliphatic rings. The molecule has 0 spiro atoms. The van der Waals surface area contributed by atoms with Crippen molar-refractivity contribution in [1.29, 1.82) is 5.26 Å². The summed E-state index contributed by atoms with van der Waals surface area (Å²) in [6.45, 7) is 0.241. The number of benzene rings is 1. The van der Waals surface area contributed by atoms with Crippen LogP contribution < -0.4 is 5.32 Å². The van der Waals surface area contributed by atoms with Gasteiger partial charge in [-0.05, 0) is 23.8 Å². The number of halogens is 3. The number of aryl methyl sites for hydroxylation is 1. The molecule has 0 saturated heterocycles. The highest BCUT2D eigenvalue weighted by Crippen LogP contribution is 2.24. The molecule has 1 heterocycles. The van der Waals surface area contributed by atoms with Crippen LogP contribution in [-0.4, -0.2) is 4.57 Å².